The molecule has 1 aromatic heterocycles. The number of carbonyl (C=O) groups excluding carboxylic acids is 1. The van der Waals surface area contributed by atoms with E-state index in [4.69, 9.17) is 13.9 Å². The molecule has 0 amide bonds. The van der Waals surface area contributed by atoms with E-state index in [1.54, 1.807) is 18.2 Å². The SMILES string of the molecule is COc1cc([C@@H]2CC(=O)Oc3c2c(C)cc2oc(=O)cc(-c4ccccc4)c32)ccc1O. The topological polar surface area (TPSA) is 86.0 Å². The molecule has 0 saturated carbocycles. The molecular formula is C26H20O6. The molecule has 0 fully saturated rings. The molecule has 1 aliphatic heterocycles. The summed E-state index contributed by atoms with van der Waals surface area (Å²) < 4.78 is 16.5. The van der Waals surface area contributed by atoms with Crippen molar-refractivity contribution in [2.75, 3.05) is 7.11 Å². The molecule has 1 aliphatic rings. The Bertz CT molecular complexity index is 1420. The summed E-state index contributed by atoms with van der Waals surface area (Å²) in [7, 11) is 1.48. The van der Waals surface area contributed by atoms with Crippen LogP contribution in [0.2, 0.25) is 0 Å². The van der Waals surface area contributed by atoms with Crippen LogP contribution in [0.15, 0.2) is 69.9 Å². The number of hydrogen-bond donors (Lipinski definition) is 1. The zero-order chi connectivity index (χ0) is 22.4. The largest absolute Gasteiger partial charge is 0.504 e. The quantitative estimate of drug-likeness (QED) is 0.283. The second-order valence-electron chi connectivity index (χ2n) is 7.82. The van der Waals surface area contributed by atoms with Crippen LogP contribution in [-0.4, -0.2) is 18.2 Å². The van der Waals surface area contributed by atoms with Gasteiger partial charge in [-0.3, -0.25) is 4.79 Å². The second kappa shape index (κ2) is 7.57. The molecule has 6 nitrogen and oxygen atoms in total. The van der Waals surface area contributed by atoms with Crippen molar-refractivity contribution in [3.63, 3.8) is 0 Å². The highest BCUT2D eigenvalue weighted by atomic mass is 16.5. The van der Waals surface area contributed by atoms with Crippen LogP contribution in [0.4, 0.5) is 0 Å². The van der Waals surface area contributed by atoms with Crippen molar-refractivity contribution in [2.45, 2.75) is 19.3 Å². The van der Waals surface area contributed by atoms with Crippen molar-refractivity contribution in [3.8, 4) is 28.4 Å². The summed E-state index contributed by atoms with van der Waals surface area (Å²) >= 11 is 0. The van der Waals surface area contributed by atoms with E-state index in [1.807, 2.05) is 43.3 Å². The lowest BCUT2D eigenvalue weighted by atomic mass is 9.82. The van der Waals surface area contributed by atoms with Crippen LogP contribution in [0.3, 0.4) is 0 Å². The molecule has 1 atom stereocenters. The fourth-order valence-electron chi connectivity index (χ4n) is 4.44. The molecule has 2 heterocycles. The van der Waals surface area contributed by atoms with Crippen molar-refractivity contribution < 1.29 is 23.8 Å². The number of ether oxygens (including phenoxy) is 2. The third-order valence-electron chi connectivity index (χ3n) is 5.86. The molecular weight excluding hydrogens is 408 g/mol. The van der Waals surface area contributed by atoms with Gasteiger partial charge < -0.3 is 19.0 Å². The standard InChI is InChI=1S/C26H20O6/c1-14-10-21-25(17(12-22(28)31-21)15-6-4-3-5-7-15)26-24(14)18(13-23(29)32-26)16-8-9-19(27)20(11-16)30-2/h3-12,18,27H,13H2,1-2H3/t18-/m0/s1. The van der Waals surface area contributed by atoms with E-state index in [9.17, 15) is 14.7 Å². The van der Waals surface area contributed by atoms with Gasteiger partial charge in [0, 0.05) is 23.1 Å². The van der Waals surface area contributed by atoms with Gasteiger partial charge in [-0.25, -0.2) is 4.79 Å². The van der Waals surface area contributed by atoms with E-state index in [1.165, 1.54) is 13.2 Å². The number of fused-ring (bicyclic) bond motifs is 3. The van der Waals surface area contributed by atoms with Crippen LogP contribution in [-0.2, 0) is 4.79 Å². The highest BCUT2D eigenvalue weighted by molar-refractivity contribution is 6.01. The number of hydrogen-bond acceptors (Lipinski definition) is 6. The number of carbonyl (C=O) groups is 1. The van der Waals surface area contributed by atoms with E-state index in [-0.39, 0.29) is 24.1 Å². The summed E-state index contributed by atoms with van der Waals surface area (Å²) in [6.07, 6.45) is 0.144. The number of benzene rings is 3. The maximum Gasteiger partial charge on any atom is 0.336 e. The first-order valence-corrected chi connectivity index (χ1v) is 10.2. The van der Waals surface area contributed by atoms with E-state index in [2.05, 4.69) is 0 Å². The number of aryl methyl sites for hydroxylation is 1. The lowest BCUT2D eigenvalue weighted by molar-refractivity contribution is -0.135. The predicted molar refractivity (Wildman–Crippen MR) is 119 cm³/mol. The molecule has 6 heteroatoms. The number of aromatic hydroxyl groups is 1. The van der Waals surface area contributed by atoms with Crippen molar-refractivity contribution >= 4 is 16.9 Å². The minimum atomic E-state index is -0.474. The first kappa shape index (κ1) is 19.9. The Kier molecular flexibility index (Phi) is 4.70. The second-order valence-corrected chi connectivity index (χ2v) is 7.82. The number of phenols is 1. The summed E-state index contributed by atoms with van der Waals surface area (Å²) in [5, 5.41) is 10.6. The van der Waals surface area contributed by atoms with Crippen LogP contribution in [0.25, 0.3) is 22.1 Å². The van der Waals surface area contributed by atoms with Gasteiger partial charge in [-0.05, 0) is 41.8 Å². The third kappa shape index (κ3) is 3.21. The molecule has 5 rings (SSSR count). The number of methoxy groups -OCH3 is 1. The number of phenolic OH excluding ortho intramolecular Hbond substituents is 1. The molecule has 32 heavy (non-hydrogen) atoms. The highest BCUT2D eigenvalue weighted by Gasteiger charge is 2.33. The maximum absolute atomic E-state index is 12.7. The van der Waals surface area contributed by atoms with Crippen LogP contribution < -0.4 is 15.1 Å². The van der Waals surface area contributed by atoms with E-state index < -0.39 is 5.63 Å². The lowest BCUT2D eigenvalue weighted by Gasteiger charge is -2.28. The molecule has 0 spiro atoms. The van der Waals surface area contributed by atoms with Crippen LogP contribution in [0.1, 0.15) is 29.0 Å². The average Bonchev–Trinajstić information content (AvgIpc) is 2.78. The number of esters is 1. The molecule has 0 bridgehead atoms. The van der Waals surface area contributed by atoms with Crippen LogP contribution in [0.5, 0.6) is 17.2 Å². The van der Waals surface area contributed by atoms with Crippen LogP contribution >= 0.6 is 0 Å². The van der Waals surface area contributed by atoms with Crippen LogP contribution in [0, 0.1) is 6.92 Å². The fourth-order valence-corrected chi connectivity index (χ4v) is 4.44. The molecule has 0 unspecified atom stereocenters. The van der Waals surface area contributed by atoms with Crippen molar-refractivity contribution in [2.24, 2.45) is 0 Å². The summed E-state index contributed by atoms with van der Waals surface area (Å²) in [4.78, 5) is 25.0. The van der Waals surface area contributed by atoms with E-state index >= 15 is 0 Å². The van der Waals surface area contributed by atoms with Gasteiger partial charge in [0.2, 0.25) is 0 Å². The Balaban J connectivity index is 1.83. The summed E-state index contributed by atoms with van der Waals surface area (Å²) in [5.41, 5.74) is 3.85. The Hall–Kier alpha value is -4.06. The number of rotatable bonds is 3. The zero-order valence-corrected chi connectivity index (χ0v) is 17.5. The smallest absolute Gasteiger partial charge is 0.336 e. The summed E-state index contributed by atoms with van der Waals surface area (Å²) in [5.74, 6) is 0.0684. The van der Waals surface area contributed by atoms with E-state index in [0.717, 1.165) is 22.3 Å². The van der Waals surface area contributed by atoms with E-state index in [0.29, 0.717) is 28.0 Å². The first-order valence-electron chi connectivity index (χ1n) is 10.2. The van der Waals surface area contributed by atoms with Gasteiger partial charge in [0.25, 0.3) is 0 Å². The third-order valence-corrected chi connectivity index (χ3v) is 5.86. The molecule has 0 saturated heterocycles. The Morgan fingerprint density at radius 3 is 2.56 bits per heavy atom. The van der Waals surface area contributed by atoms with Gasteiger partial charge in [-0.15, -0.1) is 0 Å². The van der Waals surface area contributed by atoms with Gasteiger partial charge in [-0.1, -0.05) is 36.4 Å². The summed E-state index contributed by atoms with van der Waals surface area (Å²) in [6.45, 7) is 1.90. The predicted octanol–water partition coefficient (Wildman–Crippen LogP) is 4.92. The fraction of sp³-hybridized carbons (Fsp3) is 0.154. The maximum atomic E-state index is 12.7. The molecule has 0 aliphatic carbocycles. The van der Waals surface area contributed by atoms with Crippen molar-refractivity contribution in [1.82, 2.24) is 0 Å². The highest BCUT2D eigenvalue weighted by Crippen LogP contribution is 2.48. The lowest BCUT2D eigenvalue weighted by Crippen LogP contribution is -2.22. The zero-order valence-electron chi connectivity index (χ0n) is 17.5. The van der Waals surface area contributed by atoms with Gasteiger partial charge in [0.15, 0.2) is 11.5 Å². The Labute approximate surface area is 183 Å². The van der Waals surface area contributed by atoms with Crippen molar-refractivity contribution in [3.05, 3.63) is 87.8 Å². The molecule has 160 valence electrons. The summed E-state index contributed by atoms with van der Waals surface area (Å²) in [6, 6.07) is 17.7. The Morgan fingerprint density at radius 2 is 1.81 bits per heavy atom. The van der Waals surface area contributed by atoms with Crippen molar-refractivity contribution in [1.29, 1.82) is 0 Å². The van der Waals surface area contributed by atoms with Gasteiger partial charge >= 0.3 is 11.6 Å². The van der Waals surface area contributed by atoms with Gasteiger partial charge in [0.1, 0.15) is 11.3 Å². The van der Waals surface area contributed by atoms with Gasteiger partial charge in [-0.2, -0.15) is 0 Å². The molecule has 0 radical (unpaired) electrons. The average molecular weight is 428 g/mol. The minimum Gasteiger partial charge on any atom is -0.504 e. The molecule has 3 aromatic carbocycles. The molecule has 1 N–H and O–H groups in total. The molecule has 4 aromatic rings. The normalized spacial score (nSPS) is 15.3. The monoisotopic (exact) mass is 428 g/mol. The minimum absolute atomic E-state index is 0.0261. The van der Waals surface area contributed by atoms with Gasteiger partial charge in [0.05, 0.1) is 18.9 Å². The first-order chi connectivity index (χ1) is 15.5. The Morgan fingerprint density at radius 1 is 1.03 bits per heavy atom.